The van der Waals surface area contributed by atoms with Crippen LogP contribution in [0.25, 0.3) is 0 Å². The minimum atomic E-state index is 0.220. The van der Waals surface area contributed by atoms with E-state index in [2.05, 4.69) is 5.32 Å². The zero-order chi connectivity index (χ0) is 8.27. The summed E-state index contributed by atoms with van der Waals surface area (Å²) in [6.07, 6.45) is 2.28. The van der Waals surface area contributed by atoms with E-state index in [1.807, 2.05) is 11.9 Å². The quantitative estimate of drug-likeness (QED) is 0.634. The summed E-state index contributed by atoms with van der Waals surface area (Å²) < 4.78 is 0. The van der Waals surface area contributed by atoms with E-state index >= 15 is 0 Å². The van der Waals surface area contributed by atoms with E-state index < -0.39 is 0 Å². The van der Waals surface area contributed by atoms with Gasteiger partial charge in [-0.2, -0.15) is 0 Å². The first-order valence-corrected chi connectivity index (χ1v) is 4.17. The first-order chi connectivity index (χ1) is 5.25. The molecule has 0 bridgehead atoms. The number of carbonyl (C=O) groups excluding carboxylic acids is 1. The second kappa shape index (κ2) is 3.72. The molecule has 1 amide bonds. The molecule has 1 unspecified atom stereocenters. The summed E-state index contributed by atoms with van der Waals surface area (Å²) in [6.45, 7) is 3.61. The molecule has 1 saturated heterocycles. The normalized spacial score (nSPS) is 23.1. The van der Waals surface area contributed by atoms with Gasteiger partial charge >= 0.3 is 0 Å². The molecule has 0 aliphatic carbocycles. The second-order valence-electron chi connectivity index (χ2n) is 3.05. The summed E-state index contributed by atoms with van der Waals surface area (Å²) in [6, 6.07) is 0.514. The molecule has 3 nitrogen and oxygen atoms in total. The molecular formula is C8H16N2O. The molecule has 1 fully saturated rings. The monoisotopic (exact) mass is 156 g/mol. The summed E-state index contributed by atoms with van der Waals surface area (Å²) in [5.74, 6) is 0.220. The number of rotatable bonds is 3. The fourth-order valence-electron chi connectivity index (χ4n) is 1.47. The number of hydrogen-bond acceptors (Lipinski definition) is 2. The Labute approximate surface area is 67.8 Å². The Hall–Kier alpha value is -0.570. The molecule has 0 aromatic carbocycles. The van der Waals surface area contributed by atoms with Crippen LogP contribution in [0.15, 0.2) is 0 Å². The predicted molar refractivity (Wildman–Crippen MR) is 44.3 cm³/mol. The van der Waals surface area contributed by atoms with Crippen molar-refractivity contribution in [2.45, 2.75) is 25.8 Å². The Morgan fingerprint density at radius 3 is 2.82 bits per heavy atom. The molecule has 0 spiro atoms. The van der Waals surface area contributed by atoms with E-state index in [0.29, 0.717) is 6.04 Å². The van der Waals surface area contributed by atoms with E-state index in [1.165, 1.54) is 6.42 Å². The van der Waals surface area contributed by atoms with Gasteiger partial charge in [0.1, 0.15) is 0 Å². The maximum absolute atomic E-state index is 10.9. The lowest BCUT2D eigenvalue weighted by atomic mass is 10.00. The first-order valence-electron chi connectivity index (χ1n) is 4.17. The van der Waals surface area contributed by atoms with Crippen LogP contribution in [0, 0.1) is 0 Å². The highest BCUT2D eigenvalue weighted by atomic mass is 16.2. The van der Waals surface area contributed by atoms with Crippen LogP contribution in [0.4, 0.5) is 0 Å². The van der Waals surface area contributed by atoms with Crippen molar-refractivity contribution in [3.05, 3.63) is 0 Å². The van der Waals surface area contributed by atoms with E-state index in [0.717, 1.165) is 19.5 Å². The van der Waals surface area contributed by atoms with Crippen molar-refractivity contribution in [2.75, 3.05) is 20.1 Å². The molecule has 1 atom stereocenters. The minimum absolute atomic E-state index is 0.220. The maximum Gasteiger partial charge on any atom is 0.219 e. The molecule has 0 radical (unpaired) electrons. The summed E-state index contributed by atoms with van der Waals surface area (Å²) in [4.78, 5) is 12.8. The first kappa shape index (κ1) is 8.53. The van der Waals surface area contributed by atoms with Crippen LogP contribution >= 0.6 is 0 Å². The number of nitrogens with one attached hydrogen (secondary N) is 1. The van der Waals surface area contributed by atoms with Crippen molar-refractivity contribution in [2.24, 2.45) is 0 Å². The number of likely N-dealkylation sites (tertiary alicyclic amines) is 1. The number of carbonyl (C=O) groups is 1. The van der Waals surface area contributed by atoms with Gasteiger partial charge in [-0.3, -0.25) is 4.79 Å². The van der Waals surface area contributed by atoms with Crippen LogP contribution in [-0.2, 0) is 4.79 Å². The zero-order valence-electron chi connectivity index (χ0n) is 7.26. The van der Waals surface area contributed by atoms with Gasteiger partial charge in [0.25, 0.3) is 0 Å². The summed E-state index contributed by atoms with van der Waals surface area (Å²) in [5, 5.41) is 3.09. The third-order valence-electron chi connectivity index (χ3n) is 2.28. The molecule has 0 aromatic heterocycles. The third-order valence-corrected chi connectivity index (χ3v) is 2.28. The SMILES string of the molecule is CNCCC1CCN1C(C)=O. The largest absolute Gasteiger partial charge is 0.340 e. The van der Waals surface area contributed by atoms with Gasteiger partial charge < -0.3 is 10.2 Å². The van der Waals surface area contributed by atoms with Gasteiger partial charge in [-0.1, -0.05) is 0 Å². The molecule has 3 heteroatoms. The molecule has 0 saturated carbocycles. The standard InChI is InChI=1S/C8H16N2O/c1-7(11)10-6-4-8(10)3-5-9-2/h8-9H,3-6H2,1-2H3. The Balaban J connectivity index is 2.20. The highest BCUT2D eigenvalue weighted by Gasteiger charge is 2.28. The van der Waals surface area contributed by atoms with Gasteiger partial charge in [0, 0.05) is 19.5 Å². The van der Waals surface area contributed by atoms with Gasteiger partial charge in [-0.15, -0.1) is 0 Å². The molecule has 1 aliphatic rings. The lowest BCUT2D eigenvalue weighted by Crippen LogP contribution is -2.50. The van der Waals surface area contributed by atoms with Gasteiger partial charge in [-0.05, 0) is 26.4 Å². The third kappa shape index (κ3) is 1.93. The molecule has 0 aromatic rings. The molecule has 1 aliphatic heterocycles. The summed E-state index contributed by atoms with van der Waals surface area (Å²) in [7, 11) is 1.94. The van der Waals surface area contributed by atoms with Crippen LogP contribution in [0.5, 0.6) is 0 Å². The van der Waals surface area contributed by atoms with Gasteiger partial charge in [0.15, 0.2) is 0 Å². The van der Waals surface area contributed by atoms with Gasteiger partial charge in [0.05, 0.1) is 0 Å². The van der Waals surface area contributed by atoms with Crippen molar-refractivity contribution < 1.29 is 4.79 Å². The van der Waals surface area contributed by atoms with Crippen molar-refractivity contribution in [3.63, 3.8) is 0 Å². The zero-order valence-corrected chi connectivity index (χ0v) is 7.26. The van der Waals surface area contributed by atoms with Crippen molar-refractivity contribution in [3.8, 4) is 0 Å². The minimum Gasteiger partial charge on any atom is -0.340 e. The smallest absolute Gasteiger partial charge is 0.219 e. The van der Waals surface area contributed by atoms with Crippen molar-refractivity contribution in [1.29, 1.82) is 0 Å². The summed E-state index contributed by atoms with van der Waals surface area (Å²) in [5.41, 5.74) is 0. The van der Waals surface area contributed by atoms with Crippen LogP contribution < -0.4 is 5.32 Å². The molecule has 64 valence electrons. The van der Waals surface area contributed by atoms with E-state index in [-0.39, 0.29) is 5.91 Å². The topological polar surface area (TPSA) is 32.3 Å². The van der Waals surface area contributed by atoms with Crippen molar-refractivity contribution >= 4 is 5.91 Å². The number of hydrogen-bond donors (Lipinski definition) is 1. The van der Waals surface area contributed by atoms with Crippen LogP contribution in [0.3, 0.4) is 0 Å². The van der Waals surface area contributed by atoms with Crippen molar-refractivity contribution in [1.82, 2.24) is 10.2 Å². The predicted octanol–water partition coefficient (Wildman–Crippen LogP) is 0.217. The summed E-state index contributed by atoms with van der Waals surface area (Å²) >= 11 is 0. The lowest BCUT2D eigenvalue weighted by Gasteiger charge is -2.40. The number of nitrogens with zero attached hydrogens (tertiary/aromatic N) is 1. The Morgan fingerprint density at radius 1 is 1.73 bits per heavy atom. The fraction of sp³-hybridized carbons (Fsp3) is 0.875. The molecule has 1 rings (SSSR count). The average Bonchev–Trinajstić information content (AvgIpc) is 1.84. The molecule has 1 heterocycles. The number of amides is 1. The maximum atomic E-state index is 10.9. The Bertz CT molecular complexity index is 147. The van der Waals surface area contributed by atoms with E-state index in [1.54, 1.807) is 6.92 Å². The lowest BCUT2D eigenvalue weighted by molar-refractivity contribution is -0.136. The molecular weight excluding hydrogens is 140 g/mol. The van der Waals surface area contributed by atoms with E-state index in [9.17, 15) is 4.79 Å². The van der Waals surface area contributed by atoms with E-state index in [4.69, 9.17) is 0 Å². The average molecular weight is 156 g/mol. The molecule has 11 heavy (non-hydrogen) atoms. The second-order valence-corrected chi connectivity index (χ2v) is 3.05. The highest BCUT2D eigenvalue weighted by Crippen LogP contribution is 2.19. The van der Waals surface area contributed by atoms with Crippen LogP contribution in [0.2, 0.25) is 0 Å². The van der Waals surface area contributed by atoms with Gasteiger partial charge in [-0.25, -0.2) is 0 Å². The highest BCUT2D eigenvalue weighted by molar-refractivity contribution is 5.74. The Morgan fingerprint density at radius 2 is 2.45 bits per heavy atom. The fourth-order valence-corrected chi connectivity index (χ4v) is 1.47. The Kier molecular flexibility index (Phi) is 2.88. The van der Waals surface area contributed by atoms with Crippen LogP contribution in [0.1, 0.15) is 19.8 Å². The van der Waals surface area contributed by atoms with Gasteiger partial charge in [0.2, 0.25) is 5.91 Å². The van der Waals surface area contributed by atoms with Crippen LogP contribution in [-0.4, -0.2) is 37.0 Å². The molecule has 1 N–H and O–H groups in total.